The number of carbonyl (C=O) groups excluding carboxylic acids is 2. The lowest BCUT2D eigenvalue weighted by atomic mass is 10.1. The number of ether oxygens (including phenoxy) is 1. The molecule has 5 nitrogen and oxygen atoms in total. The average Bonchev–Trinajstić information content (AvgIpc) is 2.61. The number of benzene rings is 2. The smallest absolute Gasteiger partial charge is 0.337 e. The van der Waals surface area contributed by atoms with Crippen molar-refractivity contribution in [2.75, 3.05) is 12.4 Å². The van der Waals surface area contributed by atoms with Gasteiger partial charge in [-0.3, -0.25) is 4.79 Å². The Morgan fingerprint density at radius 2 is 1.75 bits per heavy atom. The third-order valence-corrected chi connectivity index (χ3v) is 3.36. The summed E-state index contributed by atoms with van der Waals surface area (Å²) in [5.74, 6) is -0.983. The lowest BCUT2D eigenvalue weighted by molar-refractivity contribution is -0.112. The van der Waals surface area contributed by atoms with E-state index in [-0.39, 0.29) is 5.57 Å². The summed E-state index contributed by atoms with van der Waals surface area (Å²) in [6.45, 7) is 0. The van der Waals surface area contributed by atoms with Crippen molar-refractivity contribution < 1.29 is 14.3 Å². The van der Waals surface area contributed by atoms with E-state index in [1.54, 1.807) is 48.5 Å². The summed E-state index contributed by atoms with van der Waals surface area (Å²) >= 11 is 5.78. The Balaban J connectivity index is 2.16. The van der Waals surface area contributed by atoms with Gasteiger partial charge in [0.25, 0.3) is 5.91 Å². The zero-order valence-electron chi connectivity index (χ0n) is 12.7. The third-order valence-electron chi connectivity index (χ3n) is 3.11. The summed E-state index contributed by atoms with van der Waals surface area (Å²) < 4.78 is 4.61. The molecule has 0 unspecified atom stereocenters. The molecule has 0 spiro atoms. The molecule has 120 valence electrons. The first-order valence-electron chi connectivity index (χ1n) is 6.90. The fourth-order valence-electron chi connectivity index (χ4n) is 1.88. The van der Waals surface area contributed by atoms with Gasteiger partial charge in [0.15, 0.2) is 0 Å². The van der Waals surface area contributed by atoms with Crippen molar-refractivity contribution in [3.8, 4) is 6.07 Å². The zero-order chi connectivity index (χ0) is 17.5. The van der Waals surface area contributed by atoms with Crippen LogP contribution in [0.3, 0.4) is 0 Å². The second kappa shape index (κ2) is 7.95. The van der Waals surface area contributed by atoms with Crippen LogP contribution in [0.15, 0.2) is 54.1 Å². The predicted octanol–water partition coefficient (Wildman–Crippen LogP) is 3.67. The van der Waals surface area contributed by atoms with Crippen LogP contribution in [0, 0.1) is 11.3 Å². The lowest BCUT2D eigenvalue weighted by Crippen LogP contribution is -2.13. The zero-order valence-corrected chi connectivity index (χ0v) is 13.5. The largest absolute Gasteiger partial charge is 0.465 e. The molecule has 24 heavy (non-hydrogen) atoms. The second-order valence-electron chi connectivity index (χ2n) is 4.74. The molecule has 0 fully saturated rings. The van der Waals surface area contributed by atoms with E-state index >= 15 is 0 Å². The summed E-state index contributed by atoms with van der Waals surface area (Å²) in [5.41, 5.74) is 1.48. The van der Waals surface area contributed by atoms with Crippen LogP contribution in [0.25, 0.3) is 6.08 Å². The van der Waals surface area contributed by atoms with E-state index in [0.717, 1.165) is 0 Å². The normalized spacial score (nSPS) is 10.6. The molecule has 6 heteroatoms. The highest BCUT2D eigenvalue weighted by Gasteiger charge is 2.10. The van der Waals surface area contributed by atoms with Crippen LogP contribution in [0.4, 0.5) is 5.69 Å². The molecule has 2 aromatic rings. The minimum Gasteiger partial charge on any atom is -0.465 e. The molecule has 0 radical (unpaired) electrons. The number of carbonyl (C=O) groups is 2. The van der Waals surface area contributed by atoms with Gasteiger partial charge in [-0.1, -0.05) is 23.7 Å². The van der Waals surface area contributed by atoms with Crippen molar-refractivity contribution in [1.82, 2.24) is 0 Å². The highest BCUT2D eigenvalue weighted by molar-refractivity contribution is 6.30. The topological polar surface area (TPSA) is 79.2 Å². The quantitative estimate of drug-likeness (QED) is 0.523. The molecule has 2 aromatic carbocycles. The Labute approximate surface area is 144 Å². The van der Waals surface area contributed by atoms with Gasteiger partial charge in [-0.15, -0.1) is 0 Å². The SMILES string of the molecule is COC(=O)c1ccc(/C=C(\C#N)C(=O)Nc2ccc(Cl)cc2)cc1. The first-order chi connectivity index (χ1) is 11.5. The molecule has 0 aromatic heterocycles. The summed E-state index contributed by atoms with van der Waals surface area (Å²) in [4.78, 5) is 23.5. The van der Waals surface area contributed by atoms with Gasteiger partial charge in [0.1, 0.15) is 11.6 Å². The van der Waals surface area contributed by atoms with Gasteiger partial charge in [-0.05, 0) is 48.0 Å². The van der Waals surface area contributed by atoms with Gasteiger partial charge in [-0.2, -0.15) is 5.26 Å². The first-order valence-corrected chi connectivity index (χ1v) is 7.28. The van der Waals surface area contributed by atoms with E-state index in [4.69, 9.17) is 11.6 Å². The van der Waals surface area contributed by atoms with Crippen LogP contribution in [-0.4, -0.2) is 19.0 Å². The number of nitrogens with zero attached hydrogens (tertiary/aromatic N) is 1. The Morgan fingerprint density at radius 1 is 1.12 bits per heavy atom. The van der Waals surface area contributed by atoms with Crippen LogP contribution < -0.4 is 5.32 Å². The molecular formula is C18H13ClN2O3. The van der Waals surface area contributed by atoms with Crippen molar-refractivity contribution in [2.24, 2.45) is 0 Å². The van der Waals surface area contributed by atoms with Crippen LogP contribution in [0.1, 0.15) is 15.9 Å². The van der Waals surface area contributed by atoms with Gasteiger partial charge < -0.3 is 10.1 Å². The third kappa shape index (κ3) is 4.45. The number of anilines is 1. The summed E-state index contributed by atoms with van der Waals surface area (Å²) in [6, 6.07) is 14.8. The van der Waals surface area contributed by atoms with E-state index < -0.39 is 11.9 Å². The summed E-state index contributed by atoms with van der Waals surface area (Å²) in [5, 5.41) is 12.4. The number of methoxy groups -OCH3 is 1. The van der Waals surface area contributed by atoms with Crippen LogP contribution in [0.2, 0.25) is 5.02 Å². The van der Waals surface area contributed by atoms with Gasteiger partial charge in [0.05, 0.1) is 12.7 Å². The molecule has 0 atom stereocenters. The average molecular weight is 341 g/mol. The molecule has 2 rings (SSSR count). The molecule has 0 aliphatic carbocycles. The number of rotatable bonds is 4. The predicted molar refractivity (Wildman–Crippen MR) is 91.5 cm³/mol. The summed E-state index contributed by atoms with van der Waals surface area (Å²) in [7, 11) is 1.30. The number of nitriles is 1. The van der Waals surface area contributed by atoms with E-state index in [9.17, 15) is 14.9 Å². The van der Waals surface area contributed by atoms with Crippen molar-refractivity contribution in [3.05, 3.63) is 70.3 Å². The van der Waals surface area contributed by atoms with Gasteiger partial charge in [0.2, 0.25) is 0 Å². The van der Waals surface area contributed by atoms with E-state index in [2.05, 4.69) is 10.1 Å². The van der Waals surface area contributed by atoms with Crippen LogP contribution in [-0.2, 0) is 9.53 Å². The minimum atomic E-state index is -0.531. The van der Waals surface area contributed by atoms with Crippen LogP contribution in [0.5, 0.6) is 0 Å². The number of nitrogens with one attached hydrogen (secondary N) is 1. The number of halogens is 1. The maximum Gasteiger partial charge on any atom is 0.337 e. The summed E-state index contributed by atoms with van der Waals surface area (Å²) in [6.07, 6.45) is 1.44. The molecule has 0 bridgehead atoms. The van der Waals surface area contributed by atoms with Crippen molar-refractivity contribution in [2.45, 2.75) is 0 Å². The van der Waals surface area contributed by atoms with E-state index in [0.29, 0.717) is 21.8 Å². The fraction of sp³-hybridized carbons (Fsp3) is 0.0556. The monoisotopic (exact) mass is 340 g/mol. The Morgan fingerprint density at radius 3 is 2.29 bits per heavy atom. The van der Waals surface area contributed by atoms with Gasteiger partial charge >= 0.3 is 5.97 Å². The van der Waals surface area contributed by atoms with Crippen molar-refractivity contribution in [3.63, 3.8) is 0 Å². The number of hydrogen-bond donors (Lipinski definition) is 1. The van der Waals surface area contributed by atoms with E-state index in [1.807, 2.05) is 6.07 Å². The lowest BCUT2D eigenvalue weighted by Gasteiger charge is -2.04. The maximum atomic E-state index is 12.1. The standard InChI is InChI=1S/C18H13ClN2O3/c1-24-18(23)13-4-2-12(3-5-13)10-14(11-20)17(22)21-16-8-6-15(19)7-9-16/h2-10H,1H3,(H,21,22)/b14-10+. The number of esters is 1. The highest BCUT2D eigenvalue weighted by atomic mass is 35.5. The first kappa shape index (κ1) is 17.3. The molecular weight excluding hydrogens is 328 g/mol. The number of hydrogen-bond acceptors (Lipinski definition) is 4. The molecule has 1 N–H and O–H groups in total. The molecule has 0 aliphatic rings. The Hall–Kier alpha value is -3.10. The Bertz CT molecular complexity index is 819. The minimum absolute atomic E-state index is 0.0595. The van der Waals surface area contributed by atoms with E-state index in [1.165, 1.54) is 13.2 Å². The van der Waals surface area contributed by atoms with Gasteiger partial charge in [0, 0.05) is 10.7 Å². The number of amides is 1. The fourth-order valence-corrected chi connectivity index (χ4v) is 2.01. The van der Waals surface area contributed by atoms with Gasteiger partial charge in [-0.25, -0.2) is 4.79 Å². The van der Waals surface area contributed by atoms with Crippen molar-refractivity contribution in [1.29, 1.82) is 5.26 Å². The maximum absolute atomic E-state index is 12.1. The van der Waals surface area contributed by atoms with Crippen LogP contribution >= 0.6 is 11.6 Å². The molecule has 1 amide bonds. The highest BCUT2D eigenvalue weighted by Crippen LogP contribution is 2.15. The van der Waals surface area contributed by atoms with Crippen molar-refractivity contribution >= 4 is 35.2 Å². The molecule has 0 aliphatic heterocycles. The second-order valence-corrected chi connectivity index (χ2v) is 5.18. The Kier molecular flexibility index (Phi) is 5.72. The molecule has 0 saturated carbocycles. The molecule has 0 heterocycles. The molecule has 0 saturated heterocycles.